The van der Waals surface area contributed by atoms with Gasteiger partial charge >= 0.3 is 6.03 Å². The zero-order chi connectivity index (χ0) is 14.3. The highest BCUT2D eigenvalue weighted by atomic mass is 16.2. The Bertz CT molecular complexity index is 427. The van der Waals surface area contributed by atoms with Crippen molar-refractivity contribution in [2.45, 2.75) is 26.2 Å². The average molecular weight is 263 g/mol. The number of hydrogen-bond acceptors (Lipinski definition) is 3. The van der Waals surface area contributed by atoms with Crippen molar-refractivity contribution in [1.82, 2.24) is 5.32 Å². The van der Waals surface area contributed by atoms with Crippen LogP contribution in [0.15, 0.2) is 24.3 Å². The minimum Gasteiger partial charge on any atom is -0.378 e. The van der Waals surface area contributed by atoms with Gasteiger partial charge in [-0.05, 0) is 30.7 Å². The third-order valence-corrected chi connectivity index (χ3v) is 2.65. The van der Waals surface area contributed by atoms with Gasteiger partial charge in [-0.3, -0.25) is 10.1 Å². The summed E-state index contributed by atoms with van der Waals surface area (Å²) in [5, 5.41) is 4.93. The van der Waals surface area contributed by atoms with E-state index in [4.69, 9.17) is 0 Å². The van der Waals surface area contributed by atoms with Crippen molar-refractivity contribution in [2.75, 3.05) is 24.3 Å². The Kier molecular flexibility index (Phi) is 5.85. The number of nitrogens with one attached hydrogen (secondary N) is 2. The van der Waals surface area contributed by atoms with Gasteiger partial charge in [0.2, 0.25) is 5.91 Å². The highest BCUT2D eigenvalue weighted by molar-refractivity contribution is 6.01. The van der Waals surface area contributed by atoms with Crippen molar-refractivity contribution in [3.63, 3.8) is 0 Å². The molecule has 0 spiro atoms. The first-order valence-electron chi connectivity index (χ1n) is 6.41. The van der Waals surface area contributed by atoms with E-state index in [0.29, 0.717) is 12.1 Å². The average Bonchev–Trinajstić information content (AvgIpc) is 2.36. The fourth-order valence-electron chi connectivity index (χ4n) is 1.53. The first-order chi connectivity index (χ1) is 9.02. The second-order valence-corrected chi connectivity index (χ2v) is 4.55. The SMILES string of the molecule is CCCCC(=O)NC(=O)Nc1ccc(N(C)C)cc1. The summed E-state index contributed by atoms with van der Waals surface area (Å²) in [5.74, 6) is -0.246. The number of anilines is 2. The standard InChI is InChI=1S/C14H21N3O2/c1-4-5-6-13(18)16-14(19)15-11-7-9-12(10-8-11)17(2)3/h7-10H,4-6H2,1-3H3,(H2,15,16,18,19). The Labute approximate surface area is 114 Å². The fraction of sp³-hybridized carbons (Fsp3) is 0.429. The minimum absolute atomic E-state index is 0.246. The zero-order valence-electron chi connectivity index (χ0n) is 11.7. The summed E-state index contributed by atoms with van der Waals surface area (Å²) in [5.41, 5.74) is 1.70. The Hall–Kier alpha value is -2.04. The molecule has 1 aromatic carbocycles. The van der Waals surface area contributed by atoms with Crippen molar-refractivity contribution >= 4 is 23.3 Å². The van der Waals surface area contributed by atoms with Crippen LogP contribution in [0.2, 0.25) is 0 Å². The first-order valence-corrected chi connectivity index (χ1v) is 6.41. The number of nitrogens with zero attached hydrogens (tertiary/aromatic N) is 1. The van der Waals surface area contributed by atoms with E-state index in [9.17, 15) is 9.59 Å². The third kappa shape index (κ3) is 5.42. The Morgan fingerprint density at radius 1 is 1.16 bits per heavy atom. The second-order valence-electron chi connectivity index (χ2n) is 4.55. The molecule has 0 aliphatic rings. The van der Waals surface area contributed by atoms with Crippen molar-refractivity contribution in [1.29, 1.82) is 0 Å². The molecule has 104 valence electrons. The monoisotopic (exact) mass is 263 g/mol. The van der Waals surface area contributed by atoms with Crippen LogP contribution in [-0.2, 0) is 4.79 Å². The highest BCUT2D eigenvalue weighted by Gasteiger charge is 2.07. The quantitative estimate of drug-likeness (QED) is 0.858. The van der Waals surface area contributed by atoms with Gasteiger partial charge in [-0.1, -0.05) is 13.3 Å². The van der Waals surface area contributed by atoms with E-state index in [1.807, 2.05) is 38.1 Å². The number of benzene rings is 1. The first kappa shape index (κ1) is 15.0. The molecule has 1 rings (SSSR count). The lowest BCUT2D eigenvalue weighted by atomic mass is 10.2. The van der Waals surface area contributed by atoms with Gasteiger partial charge in [0, 0.05) is 31.9 Å². The van der Waals surface area contributed by atoms with Gasteiger partial charge in [0.1, 0.15) is 0 Å². The van der Waals surface area contributed by atoms with Crippen LogP contribution in [0, 0.1) is 0 Å². The Morgan fingerprint density at radius 3 is 2.32 bits per heavy atom. The normalized spacial score (nSPS) is 9.84. The maximum atomic E-state index is 11.6. The van der Waals surface area contributed by atoms with E-state index >= 15 is 0 Å². The molecular formula is C14H21N3O2. The molecule has 0 atom stereocenters. The zero-order valence-corrected chi connectivity index (χ0v) is 11.7. The molecular weight excluding hydrogens is 242 g/mol. The molecule has 5 heteroatoms. The number of amides is 3. The molecule has 2 N–H and O–H groups in total. The molecule has 0 saturated carbocycles. The molecule has 0 aliphatic heterocycles. The maximum Gasteiger partial charge on any atom is 0.325 e. The van der Waals surface area contributed by atoms with Crippen LogP contribution < -0.4 is 15.5 Å². The molecule has 0 heterocycles. The topological polar surface area (TPSA) is 61.4 Å². The van der Waals surface area contributed by atoms with Gasteiger partial charge in [0.05, 0.1) is 0 Å². The van der Waals surface area contributed by atoms with Crippen LogP contribution in [0.4, 0.5) is 16.2 Å². The highest BCUT2D eigenvalue weighted by Crippen LogP contribution is 2.15. The van der Waals surface area contributed by atoms with E-state index in [0.717, 1.165) is 18.5 Å². The predicted octanol–water partition coefficient (Wildman–Crippen LogP) is 2.59. The van der Waals surface area contributed by atoms with Crippen LogP contribution >= 0.6 is 0 Å². The Morgan fingerprint density at radius 2 is 1.79 bits per heavy atom. The van der Waals surface area contributed by atoms with Crippen molar-refractivity contribution in [3.05, 3.63) is 24.3 Å². The lowest BCUT2D eigenvalue weighted by molar-refractivity contribution is -0.120. The van der Waals surface area contributed by atoms with E-state index in [1.54, 1.807) is 12.1 Å². The number of hydrogen-bond donors (Lipinski definition) is 2. The van der Waals surface area contributed by atoms with Crippen LogP contribution in [0.1, 0.15) is 26.2 Å². The van der Waals surface area contributed by atoms with E-state index in [1.165, 1.54) is 0 Å². The van der Waals surface area contributed by atoms with E-state index < -0.39 is 6.03 Å². The minimum atomic E-state index is -0.487. The largest absolute Gasteiger partial charge is 0.378 e. The van der Waals surface area contributed by atoms with Gasteiger partial charge < -0.3 is 10.2 Å². The van der Waals surface area contributed by atoms with Crippen LogP contribution in [0.3, 0.4) is 0 Å². The molecule has 3 amide bonds. The number of carbonyl (C=O) groups excluding carboxylic acids is 2. The smallest absolute Gasteiger partial charge is 0.325 e. The number of unbranched alkanes of at least 4 members (excludes halogenated alkanes) is 1. The number of imide groups is 1. The van der Waals surface area contributed by atoms with Crippen molar-refractivity contribution < 1.29 is 9.59 Å². The summed E-state index contributed by atoms with van der Waals surface area (Å²) >= 11 is 0. The predicted molar refractivity (Wildman–Crippen MR) is 77.5 cm³/mol. The summed E-state index contributed by atoms with van der Waals surface area (Å²) < 4.78 is 0. The fourth-order valence-corrected chi connectivity index (χ4v) is 1.53. The van der Waals surface area contributed by atoms with Crippen LogP contribution in [0.5, 0.6) is 0 Å². The second kappa shape index (κ2) is 7.41. The van der Waals surface area contributed by atoms with Gasteiger partial charge in [-0.25, -0.2) is 4.79 Å². The third-order valence-electron chi connectivity index (χ3n) is 2.65. The van der Waals surface area contributed by atoms with Crippen LogP contribution in [0.25, 0.3) is 0 Å². The van der Waals surface area contributed by atoms with E-state index in [2.05, 4.69) is 10.6 Å². The van der Waals surface area contributed by atoms with Gasteiger partial charge in [-0.2, -0.15) is 0 Å². The molecule has 19 heavy (non-hydrogen) atoms. The maximum absolute atomic E-state index is 11.6. The summed E-state index contributed by atoms with van der Waals surface area (Å²) in [6.07, 6.45) is 2.10. The summed E-state index contributed by atoms with van der Waals surface area (Å²) in [6.45, 7) is 2.00. The number of urea groups is 1. The molecule has 0 radical (unpaired) electrons. The molecule has 5 nitrogen and oxygen atoms in total. The van der Waals surface area contributed by atoms with Crippen molar-refractivity contribution in [3.8, 4) is 0 Å². The van der Waals surface area contributed by atoms with E-state index in [-0.39, 0.29) is 5.91 Å². The van der Waals surface area contributed by atoms with Crippen LogP contribution in [-0.4, -0.2) is 26.0 Å². The number of carbonyl (C=O) groups is 2. The lowest BCUT2D eigenvalue weighted by Gasteiger charge is -2.13. The van der Waals surface area contributed by atoms with Gasteiger partial charge in [-0.15, -0.1) is 0 Å². The molecule has 0 bridgehead atoms. The number of rotatable bonds is 5. The Balaban J connectivity index is 2.46. The molecule has 0 unspecified atom stereocenters. The molecule has 0 aliphatic carbocycles. The summed E-state index contributed by atoms with van der Waals surface area (Å²) in [4.78, 5) is 24.9. The van der Waals surface area contributed by atoms with Gasteiger partial charge in [0.15, 0.2) is 0 Å². The molecule has 0 saturated heterocycles. The van der Waals surface area contributed by atoms with Gasteiger partial charge in [0.25, 0.3) is 0 Å². The molecule has 1 aromatic rings. The summed E-state index contributed by atoms with van der Waals surface area (Å²) in [6, 6.07) is 6.90. The molecule has 0 aromatic heterocycles. The van der Waals surface area contributed by atoms with Crippen molar-refractivity contribution in [2.24, 2.45) is 0 Å². The summed E-state index contributed by atoms with van der Waals surface area (Å²) in [7, 11) is 3.89. The lowest BCUT2D eigenvalue weighted by Crippen LogP contribution is -2.34. The molecule has 0 fully saturated rings.